The largest absolute Gasteiger partial charge is 0.338 e. The average molecular weight is 431 g/mol. The van der Waals surface area contributed by atoms with Crippen LogP contribution in [0.15, 0.2) is 71.6 Å². The Morgan fingerprint density at radius 1 is 0.871 bits per heavy atom. The summed E-state index contributed by atoms with van der Waals surface area (Å²) in [5.41, 5.74) is 1.75. The van der Waals surface area contributed by atoms with Gasteiger partial charge in [0.1, 0.15) is 0 Å². The lowest BCUT2D eigenvalue weighted by Gasteiger charge is -2.35. The molecular formula is C26H26N2O2S. The van der Waals surface area contributed by atoms with Gasteiger partial charge >= 0.3 is 0 Å². The Labute approximate surface area is 187 Å². The van der Waals surface area contributed by atoms with Crippen LogP contribution in [-0.2, 0) is 4.79 Å². The Kier molecular flexibility index (Phi) is 5.68. The Hall–Kier alpha value is -2.79. The van der Waals surface area contributed by atoms with Crippen LogP contribution in [-0.4, -0.2) is 42.1 Å². The van der Waals surface area contributed by atoms with E-state index in [0.29, 0.717) is 13.1 Å². The molecule has 5 heteroatoms. The van der Waals surface area contributed by atoms with Gasteiger partial charge in [-0.2, -0.15) is 0 Å². The molecular weight excluding hydrogens is 404 g/mol. The monoisotopic (exact) mass is 430 g/mol. The van der Waals surface area contributed by atoms with Gasteiger partial charge in [-0.3, -0.25) is 9.59 Å². The molecule has 158 valence electrons. The van der Waals surface area contributed by atoms with Gasteiger partial charge in [-0.25, -0.2) is 0 Å². The van der Waals surface area contributed by atoms with E-state index in [-0.39, 0.29) is 17.7 Å². The van der Waals surface area contributed by atoms with Crippen LogP contribution < -0.4 is 4.90 Å². The van der Waals surface area contributed by atoms with Gasteiger partial charge in [0.2, 0.25) is 5.91 Å². The fraction of sp³-hybridized carbons (Fsp3) is 0.308. The molecule has 3 aromatic rings. The number of anilines is 1. The zero-order chi connectivity index (χ0) is 21.2. The van der Waals surface area contributed by atoms with Gasteiger partial charge in [0.15, 0.2) is 0 Å². The number of piperidine rings is 1. The average Bonchev–Trinajstić information content (AvgIpc) is 3.05. The maximum Gasteiger partial charge on any atom is 0.254 e. The summed E-state index contributed by atoms with van der Waals surface area (Å²) < 4.78 is 0. The van der Waals surface area contributed by atoms with Gasteiger partial charge in [-0.15, -0.1) is 11.8 Å². The predicted octanol–water partition coefficient (Wildman–Crippen LogP) is 5.22. The van der Waals surface area contributed by atoms with E-state index in [9.17, 15) is 9.59 Å². The van der Waals surface area contributed by atoms with Crippen LogP contribution in [0.1, 0.15) is 29.6 Å². The third-order valence-corrected chi connectivity index (χ3v) is 7.43. The first kappa shape index (κ1) is 20.1. The van der Waals surface area contributed by atoms with E-state index in [1.54, 1.807) is 0 Å². The number of thioether (sulfide) groups is 1. The Morgan fingerprint density at radius 2 is 1.68 bits per heavy atom. The summed E-state index contributed by atoms with van der Waals surface area (Å²) in [4.78, 5) is 32.0. The summed E-state index contributed by atoms with van der Waals surface area (Å²) in [6, 6.07) is 22.0. The third-order valence-electron chi connectivity index (χ3n) is 6.28. The molecule has 0 N–H and O–H groups in total. The van der Waals surface area contributed by atoms with Crippen molar-refractivity contribution in [1.82, 2.24) is 4.90 Å². The predicted molar refractivity (Wildman–Crippen MR) is 127 cm³/mol. The van der Waals surface area contributed by atoms with Crippen molar-refractivity contribution in [3.05, 3.63) is 72.3 Å². The number of hydrogen-bond acceptors (Lipinski definition) is 3. The van der Waals surface area contributed by atoms with Crippen molar-refractivity contribution < 1.29 is 9.59 Å². The fourth-order valence-electron chi connectivity index (χ4n) is 4.72. The normalized spacial score (nSPS) is 19.0. The van der Waals surface area contributed by atoms with Crippen molar-refractivity contribution in [3.63, 3.8) is 0 Å². The van der Waals surface area contributed by atoms with Crippen molar-refractivity contribution in [2.45, 2.75) is 24.2 Å². The van der Waals surface area contributed by atoms with Crippen LogP contribution in [0.3, 0.4) is 0 Å². The molecule has 0 aliphatic carbocycles. The second kappa shape index (κ2) is 8.75. The molecule has 1 unspecified atom stereocenters. The van der Waals surface area contributed by atoms with Gasteiger partial charge in [-0.05, 0) is 54.0 Å². The van der Waals surface area contributed by atoms with Gasteiger partial charge < -0.3 is 9.80 Å². The standard InChI is InChI=1S/C26H26N2O2S/c29-25(28-16-7-17-31-24-14-4-3-13-23(24)28)20-10-6-15-27(18-20)26(30)22-12-5-9-19-8-1-2-11-21(19)22/h1-5,8-9,11-14,20H,6-7,10,15-18H2. The van der Waals surface area contributed by atoms with E-state index < -0.39 is 0 Å². The third kappa shape index (κ3) is 3.94. The number of hydrogen-bond donors (Lipinski definition) is 0. The number of likely N-dealkylation sites (tertiary alicyclic amines) is 1. The summed E-state index contributed by atoms with van der Waals surface area (Å²) in [5, 5.41) is 2.04. The fourth-order valence-corrected chi connectivity index (χ4v) is 5.72. The van der Waals surface area contributed by atoms with Crippen LogP contribution in [0, 0.1) is 5.92 Å². The van der Waals surface area contributed by atoms with E-state index in [1.807, 2.05) is 82.2 Å². The van der Waals surface area contributed by atoms with Crippen LogP contribution >= 0.6 is 11.8 Å². The SMILES string of the molecule is O=C(c1cccc2ccccc12)N1CCCC(C(=O)N2CCCSc3ccccc32)C1. The molecule has 1 fully saturated rings. The highest BCUT2D eigenvalue weighted by Gasteiger charge is 2.33. The Morgan fingerprint density at radius 3 is 2.61 bits per heavy atom. The number of carbonyl (C=O) groups is 2. The van der Waals surface area contributed by atoms with Crippen LogP contribution in [0.25, 0.3) is 10.8 Å². The number of para-hydroxylation sites is 1. The molecule has 4 nitrogen and oxygen atoms in total. The molecule has 2 amide bonds. The number of nitrogens with zero attached hydrogens (tertiary/aromatic N) is 2. The topological polar surface area (TPSA) is 40.6 Å². The van der Waals surface area contributed by atoms with Crippen molar-refractivity contribution in [3.8, 4) is 0 Å². The molecule has 2 heterocycles. The highest BCUT2D eigenvalue weighted by Crippen LogP contribution is 2.35. The zero-order valence-electron chi connectivity index (χ0n) is 17.5. The maximum atomic E-state index is 13.6. The molecule has 0 saturated carbocycles. The molecule has 1 saturated heterocycles. The van der Waals surface area contributed by atoms with Gasteiger partial charge in [0, 0.05) is 30.1 Å². The molecule has 0 aromatic heterocycles. The van der Waals surface area contributed by atoms with Gasteiger partial charge in [-0.1, -0.05) is 48.5 Å². The lowest BCUT2D eigenvalue weighted by atomic mass is 9.94. The number of amides is 2. The van der Waals surface area contributed by atoms with Crippen molar-refractivity contribution in [1.29, 1.82) is 0 Å². The van der Waals surface area contributed by atoms with Gasteiger partial charge in [0.05, 0.1) is 11.6 Å². The summed E-state index contributed by atoms with van der Waals surface area (Å²) >= 11 is 1.82. The van der Waals surface area contributed by atoms with Gasteiger partial charge in [0.25, 0.3) is 5.91 Å². The molecule has 31 heavy (non-hydrogen) atoms. The lowest BCUT2D eigenvalue weighted by molar-refractivity contribution is -0.123. The highest BCUT2D eigenvalue weighted by molar-refractivity contribution is 7.99. The van der Waals surface area contributed by atoms with E-state index >= 15 is 0 Å². The molecule has 2 aliphatic heterocycles. The summed E-state index contributed by atoms with van der Waals surface area (Å²) in [7, 11) is 0. The minimum atomic E-state index is -0.149. The second-order valence-corrected chi connectivity index (χ2v) is 9.41. The first-order chi connectivity index (χ1) is 15.2. The van der Waals surface area contributed by atoms with Crippen molar-refractivity contribution in [2.24, 2.45) is 5.92 Å². The number of carbonyl (C=O) groups excluding carboxylic acids is 2. The molecule has 1 atom stereocenters. The number of benzene rings is 3. The van der Waals surface area contributed by atoms with E-state index in [0.717, 1.165) is 53.6 Å². The highest BCUT2D eigenvalue weighted by atomic mass is 32.2. The molecule has 3 aromatic carbocycles. The molecule has 5 rings (SSSR count). The second-order valence-electron chi connectivity index (χ2n) is 8.28. The molecule has 0 spiro atoms. The van der Waals surface area contributed by atoms with Crippen LogP contribution in [0.2, 0.25) is 0 Å². The number of fused-ring (bicyclic) bond motifs is 2. The minimum absolute atomic E-state index is 0.0288. The molecule has 0 bridgehead atoms. The number of rotatable bonds is 2. The van der Waals surface area contributed by atoms with E-state index in [1.165, 1.54) is 4.90 Å². The smallest absolute Gasteiger partial charge is 0.254 e. The van der Waals surface area contributed by atoms with Crippen molar-refractivity contribution in [2.75, 3.05) is 30.3 Å². The summed E-state index contributed by atoms with van der Waals surface area (Å²) in [6.07, 6.45) is 2.68. The van der Waals surface area contributed by atoms with E-state index in [2.05, 4.69) is 6.07 Å². The minimum Gasteiger partial charge on any atom is -0.338 e. The summed E-state index contributed by atoms with van der Waals surface area (Å²) in [6.45, 7) is 1.95. The molecule has 2 aliphatic rings. The molecule has 0 radical (unpaired) electrons. The quantitative estimate of drug-likeness (QED) is 0.560. The maximum absolute atomic E-state index is 13.6. The van der Waals surface area contributed by atoms with Crippen LogP contribution in [0.5, 0.6) is 0 Å². The van der Waals surface area contributed by atoms with Crippen LogP contribution in [0.4, 0.5) is 5.69 Å². The summed E-state index contributed by atoms with van der Waals surface area (Å²) in [5.74, 6) is 1.06. The lowest BCUT2D eigenvalue weighted by Crippen LogP contribution is -2.47. The van der Waals surface area contributed by atoms with E-state index in [4.69, 9.17) is 0 Å². The van der Waals surface area contributed by atoms with Crippen molar-refractivity contribution >= 4 is 40.0 Å². The Bertz CT molecular complexity index is 1120. The first-order valence-electron chi connectivity index (χ1n) is 11.0. The Balaban J connectivity index is 1.38. The zero-order valence-corrected chi connectivity index (χ0v) is 18.3. The first-order valence-corrected chi connectivity index (χ1v) is 12.0.